The number of urea groups is 1. The number of nitrogens with one attached hydrogen (secondary N) is 2. The van der Waals surface area contributed by atoms with E-state index in [9.17, 15) is 9.59 Å². The second-order valence-electron chi connectivity index (χ2n) is 3.88. The van der Waals surface area contributed by atoms with Crippen molar-refractivity contribution in [2.75, 3.05) is 18.8 Å². The van der Waals surface area contributed by atoms with Crippen LogP contribution >= 0.6 is 0 Å². The summed E-state index contributed by atoms with van der Waals surface area (Å²) < 4.78 is 1.54. The lowest BCUT2D eigenvalue weighted by atomic mass is 10.3. The zero-order valence-electron chi connectivity index (χ0n) is 10.5. The van der Waals surface area contributed by atoms with Crippen molar-refractivity contribution < 1.29 is 9.59 Å². The zero-order valence-corrected chi connectivity index (χ0v) is 10.5. The van der Waals surface area contributed by atoms with Crippen LogP contribution in [0.1, 0.15) is 11.4 Å². The summed E-state index contributed by atoms with van der Waals surface area (Å²) in [5.74, 6) is -0.202. The van der Waals surface area contributed by atoms with Crippen molar-refractivity contribution in [1.82, 2.24) is 20.4 Å². The van der Waals surface area contributed by atoms with Crippen LogP contribution in [-0.2, 0) is 11.3 Å². The number of carbonyl (C=O) groups is 2. The van der Waals surface area contributed by atoms with Crippen LogP contribution in [-0.4, -0.2) is 34.8 Å². The molecule has 0 bridgehead atoms. The molecule has 0 atom stereocenters. The molecule has 1 rings (SSSR count). The molecule has 0 aliphatic heterocycles. The molecule has 8 heteroatoms. The zero-order chi connectivity index (χ0) is 13.7. The minimum Gasteiger partial charge on any atom is -0.396 e. The lowest BCUT2D eigenvalue weighted by Crippen LogP contribution is -2.38. The molecule has 1 aromatic heterocycles. The van der Waals surface area contributed by atoms with E-state index in [1.54, 1.807) is 18.5 Å². The van der Waals surface area contributed by atoms with E-state index in [1.807, 2.05) is 0 Å². The van der Waals surface area contributed by atoms with Gasteiger partial charge in [0.2, 0.25) is 5.91 Å². The monoisotopic (exact) mass is 254 g/mol. The van der Waals surface area contributed by atoms with Crippen LogP contribution < -0.4 is 22.1 Å². The van der Waals surface area contributed by atoms with Gasteiger partial charge in [-0.3, -0.25) is 9.48 Å². The van der Waals surface area contributed by atoms with Crippen molar-refractivity contribution in [1.29, 1.82) is 0 Å². The molecular formula is C10H18N6O2. The fourth-order valence-electron chi connectivity index (χ4n) is 1.44. The number of carbonyl (C=O) groups excluding carboxylic acids is 2. The molecule has 3 amide bonds. The quantitative estimate of drug-likeness (QED) is 0.495. The number of hydrogen-bond acceptors (Lipinski definition) is 4. The van der Waals surface area contributed by atoms with Gasteiger partial charge in [0.25, 0.3) is 0 Å². The van der Waals surface area contributed by atoms with Gasteiger partial charge >= 0.3 is 6.03 Å². The Morgan fingerprint density at radius 3 is 2.39 bits per heavy atom. The predicted molar refractivity (Wildman–Crippen MR) is 66.7 cm³/mol. The van der Waals surface area contributed by atoms with Gasteiger partial charge in [-0.2, -0.15) is 5.10 Å². The summed E-state index contributed by atoms with van der Waals surface area (Å²) in [5.41, 5.74) is 12.7. The summed E-state index contributed by atoms with van der Waals surface area (Å²) in [5, 5.41) is 9.15. The predicted octanol–water partition coefficient (Wildman–Crippen LogP) is -1.13. The first kappa shape index (κ1) is 13.8. The number of aromatic nitrogens is 2. The molecule has 6 N–H and O–H groups in total. The first-order valence-corrected chi connectivity index (χ1v) is 5.51. The van der Waals surface area contributed by atoms with E-state index in [-0.39, 0.29) is 12.5 Å². The molecule has 18 heavy (non-hydrogen) atoms. The minimum absolute atomic E-state index is 0.0977. The van der Waals surface area contributed by atoms with Gasteiger partial charge in [-0.1, -0.05) is 0 Å². The molecule has 0 aliphatic carbocycles. The van der Waals surface area contributed by atoms with E-state index in [4.69, 9.17) is 11.5 Å². The van der Waals surface area contributed by atoms with Crippen LogP contribution in [0.25, 0.3) is 0 Å². The molecule has 0 fully saturated rings. The number of primary amides is 1. The molecule has 0 saturated carbocycles. The first-order valence-electron chi connectivity index (χ1n) is 5.51. The third kappa shape index (κ3) is 3.65. The number of nitrogens with two attached hydrogens (primary N) is 2. The second-order valence-corrected chi connectivity index (χ2v) is 3.88. The van der Waals surface area contributed by atoms with E-state index in [0.717, 1.165) is 5.69 Å². The average Bonchev–Trinajstić information content (AvgIpc) is 2.52. The van der Waals surface area contributed by atoms with Crippen molar-refractivity contribution in [3.05, 3.63) is 11.4 Å². The molecule has 100 valence electrons. The number of nitrogens with zero attached hydrogens (tertiary/aromatic N) is 2. The molecule has 0 unspecified atom stereocenters. The molecule has 0 aliphatic rings. The Morgan fingerprint density at radius 1 is 1.28 bits per heavy atom. The average molecular weight is 254 g/mol. The van der Waals surface area contributed by atoms with Crippen molar-refractivity contribution in [2.24, 2.45) is 5.73 Å². The Bertz CT molecular complexity index is 453. The molecule has 0 saturated heterocycles. The molecule has 0 spiro atoms. The largest absolute Gasteiger partial charge is 0.396 e. The molecular weight excluding hydrogens is 236 g/mol. The van der Waals surface area contributed by atoms with Gasteiger partial charge in [0.05, 0.1) is 17.1 Å². The molecule has 1 aromatic rings. The van der Waals surface area contributed by atoms with Crippen LogP contribution in [0, 0.1) is 13.8 Å². The van der Waals surface area contributed by atoms with Crippen molar-refractivity contribution >= 4 is 17.6 Å². The van der Waals surface area contributed by atoms with Crippen molar-refractivity contribution in [3.8, 4) is 0 Å². The standard InChI is InChI=1S/C10H18N6O2/c1-6-9(11)7(2)16(15-6)5-8(17)13-3-4-14-10(12)18/h3-5,11H2,1-2H3,(H,13,17)(H3,12,14,18). The summed E-state index contributed by atoms with van der Waals surface area (Å²) in [6.45, 7) is 4.29. The van der Waals surface area contributed by atoms with Crippen LogP contribution in [0.15, 0.2) is 0 Å². The number of anilines is 1. The third-order valence-corrected chi connectivity index (χ3v) is 2.48. The minimum atomic E-state index is -0.615. The smallest absolute Gasteiger partial charge is 0.312 e. The van der Waals surface area contributed by atoms with E-state index in [1.165, 1.54) is 0 Å². The number of aryl methyl sites for hydroxylation is 1. The van der Waals surface area contributed by atoms with Gasteiger partial charge in [-0.05, 0) is 13.8 Å². The van der Waals surface area contributed by atoms with Gasteiger partial charge in [0, 0.05) is 13.1 Å². The van der Waals surface area contributed by atoms with Crippen LogP contribution in [0.3, 0.4) is 0 Å². The highest BCUT2D eigenvalue weighted by Crippen LogP contribution is 2.14. The summed E-state index contributed by atoms with van der Waals surface area (Å²) in [6.07, 6.45) is 0. The normalized spacial score (nSPS) is 10.1. The Kier molecular flexibility index (Phi) is 4.52. The lowest BCUT2D eigenvalue weighted by molar-refractivity contribution is -0.121. The molecule has 8 nitrogen and oxygen atoms in total. The van der Waals surface area contributed by atoms with Crippen LogP contribution in [0.5, 0.6) is 0 Å². The highest BCUT2D eigenvalue weighted by Gasteiger charge is 2.10. The fourth-order valence-corrected chi connectivity index (χ4v) is 1.44. The maximum absolute atomic E-state index is 11.6. The maximum Gasteiger partial charge on any atom is 0.312 e. The number of amides is 3. The van der Waals surface area contributed by atoms with E-state index < -0.39 is 6.03 Å². The van der Waals surface area contributed by atoms with Gasteiger partial charge < -0.3 is 22.1 Å². The second kappa shape index (κ2) is 5.89. The summed E-state index contributed by atoms with van der Waals surface area (Å²) in [7, 11) is 0. The van der Waals surface area contributed by atoms with E-state index in [0.29, 0.717) is 24.5 Å². The summed E-state index contributed by atoms with van der Waals surface area (Å²) in [6, 6.07) is -0.615. The SMILES string of the molecule is Cc1nn(CC(=O)NCCNC(N)=O)c(C)c1N. The Hall–Kier alpha value is -2.25. The topological polar surface area (TPSA) is 128 Å². The highest BCUT2D eigenvalue weighted by atomic mass is 16.2. The Balaban J connectivity index is 2.40. The molecule has 0 radical (unpaired) electrons. The molecule has 1 heterocycles. The number of nitrogen functional groups attached to an aromatic ring is 1. The first-order chi connectivity index (χ1) is 8.41. The van der Waals surface area contributed by atoms with Crippen LogP contribution in [0.2, 0.25) is 0 Å². The third-order valence-electron chi connectivity index (χ3n) is 2.48. The summed E-state index contributed by atoms with van der Waals surface area (Å²) in [4.78, 5) is 22.0. The lowest BCUT2D eigenvalue weighted by Gasteiger charge is -2.07. The maximum atomic E-state index is 11.6. The van der Waals surface area contributed by atoms with Crippen LogP contribution in [0.4, 0.5) is 10.5 Å². The highest BCUT2D eigenvalue weighted by molar-refractivity contribution is 5.76. The van der Waals surface area contributed by atoms with Crippen molar-refractivity contribution in [2.45, 2.75) is 20.4 Å². The fraction of sp³-hybridized carbons (Fsp3) is 0.500. The van der Waals surface area contributed by atoms with Gasteiger partial charge in [0.15, 0.2) is 0 Å². The van der Waals surface area contributed by atoms with E-state index in [2.05, 4.69) is 15.7 Å². The van der Waals surface area contributed by atoms with Crippen molar-refractivity contribution in [3.63, 3.8) is 0 Å². The molecule has 0 aromatic carbocycles. The van der Waals surface area contributed by atoms with Gasteiger partial charge in [-0.15, -0.1) is 0 Å². The number of hydrogen-bond donors (Lipinski definition) is 4. The Morgan fingerprint density at radius 2 is 1.89 bits per heavy atom. The van der Waals surface area contributed by atoms with E-state index >= 15 is 0 Å². The number of rotatable bonds is 5. The van der Waals surface area contributed by atoms with Gasteiger partial charge in [0.1, 0.15) is 6.54 Å². The van der Waals surface area contributed by atoms with Gasteiger partial charge in [-0.25, -0.2) is 4.79 Å². The Labute approximate surface area is 105 Å². The summed E-state index contributed by atoms with van der Waals surface area (Å²) >= 11 is 0.